The number of rotatable bonds is 4. The number of azo groups is 1. The van der Waals surface area contributed by atoms with Gasteiger partial charge < -0.3 is 19.6 Å². The molecule has 0 fully saturated rings. The van der Waals surface area contributed by atoms with Crippen LogP contribution < -0.4 is 9.47 Å². The number of methoxy groups -OCH3 is 2. The van der Waals surface area contributed by atoms with Crippen molar-refractivity contribution in [2.75, 3.05) is 14.2 Å². The molecule has 0 aliphatic carbocycles. The molecule has 0 saturated carbocycles. The maximum Gasteiger partial charge on any atom is 0.299 e. The van der Waals surface area contributed by atoms with Crippen molar-refractivity contribution in [1.82, 2.24) is 4.98 Å². The third kappa shape index (κ3) is 2.79. The van der Waals surface area contributed by atoms with Crippen LogP contribution in [0.3, 0.4) is 0 Å². The van der Waals surface area contributed by atoms with Gasteiger partial charge in [-0.05, 0) is 30.3 Å². The van der Waals surface area contributed by atoms with Crippen molar-refractivity contribution in [2.45, 2.75) is 0 Å². The monoisotopic (exact) mass is 325 g/mol. The molecular formula is C17H15N3O4. The molecule has 0 spiro atoms. The number of ether oxygens (including phenoxy) is 2. The Balaban J connectivity index is 1.98. The second-order valence-electron chi connectivity index (χ2n) is 4.94. The van der Waals surface area contributed by atoms with Crippen LogP contribution in [0.15, 0.2) is 52.7 Å². The molecule has 1 aromatic heterocycles. The summed E-state index contributed by atoms with van der Waals surface area (Å²) in [6.07, 6.45) is 0. The first-order valence-electron chi connectivity index (χ1n) is 7.12. The lowest BCUT2D eigenvalue weighted by Gasteiger charge is -2.03. The number of para-hydroxylation sites is 1. The number of H-pyrrole nitrogens is 1. The smallest absolute Gasteiger partial charge is 0.299 e. The fourth-order valence-electron chi connectivity index (χ4n) is 2.34. The molecule has 24 heavy (non-hydrogen) atoms. The van der Waals surface area contributed by atoms with Crippen LogP contribution in [0.4, 0.5) is 5.69 Å². The Hall–Kier alpha value is -3.35. The minimum atomic E-state index is -0.566. The van der Waals surface area contributed by atoms with Crippen molar-refractivity contribution in [3.05, 3.63) is 48.0 Å². The van der Waals surface area contributed by atoms with E-state index in [1.54, 1.807) is 49.6 Å². The summed E-state index contributed by atoms with van der Waals surface area (Å²) >= 11 is 0. The van der Waals surface area contributed by atoms with Gasteiger partial charge in [0.05, 0.1) is 25.3 Å². The van der Waals surface area contributed by atoms with Crippen LogP contribution in [0.25, 0.3) is 10.9 Å². The number of fused-ring (bicyclic) bond motifs is 1. The number of nitrogens with one attached hydrogen (secondary N) is 1. The lowest BCUT2D eigenvalue weighted by atomic mass is 10.2. The number of carbonyl (C=O) groups excluding carboxylic acids is 1. The Morgan fingerprint density at radius 1 is 1.12 bits per heavy atom. The summed E-state index contributed by atoms with van der Waals surface area (Å²) in [6.45, 7) is 0. The Labute approximate surface area is 137 Å². The number of carbonyl (C=O) groups is 1. The summed E-state index contributed by atoms with van der Waals surface area (Å²) in [5.41, 5.74) is 1.12. The maximum absolute atomic E-state index is 12.2. The van der Waals surface area contributed by atoms with Crippen molar-refractivity contribution < 1.29 is 19.4 Å². The summed E-state index contributed by atoms with van der Waals surface area (Å²) in [6, 6.07) is 11.9. The highest BCUT2D eigenvalue weighted by Crippen LogP contribution is 2.37. The van der Waals surface area contributed by atoms with Crippen LogP contribution in [0.2, 0.25) is 0 Å². The van der Waals surface area contributed by atoms with Gasteiger partial charge in [0, 0.05) is 5.39 Å². The summed E-state index contributed by atoms with van der Waals surface area (Å²) < 4.78 is 10.3. The van der Waals surface area contributed by atoms with Crippen molar-refractivity contribution in [3.63, 3.8) is 0 Å². The van der Waals surface area contributed by atoms with Gasteiger partial charge in [0.25, 0.3) is 5.91 Å². The van der Waals surface area contributed by atoms with Crippen LogP contribution in [-0.2, 0) is 0 Å². The van der Waals surface area contributed by atoms with E-state index in [2.05, 4.69) is 15.2 Å². The van der Waals surface area contributed by atoms with Gasteiger partial charge in [0.15, 0.2) is 5.69 Å². The molecule has 3 rings (SSSR count). The van der Waals surface area contributed by atoms with E-state index < -0.39 is 5.91 Å². The number of hydrogen-bond donors (Lipinski definition) is 2. The third-order valence-corrected chi connectivity index (χ3v) is 3.54. The first kappa shape index (κ1) is 15.5. The zero-order valence-corrected chi connectivity index (χ0v) is 13.1. The van der Waals surface area contributed by atoms with E-state index in [9.17, 15) is 9.90 Å². The number of hydrogen-bond acceptors (Lipinski definition) is 5. The molecule has 0 aliphatic heterocycles. The van der Waals surface area contributed by atoms with Crippen LogP contribution >= 0.6 is 0 Å². The van der Waals surface area contributed by atoms with Crippen molar-refractivity contribution in [3.8, 4) is 17.4 Å². The number of aromatic hydroxyl groups is 1. The lowest BCUT2D eigenvalue weighted by Crippen LogP contribution is -1.97. The van der Waals surface area contributed by atoms with Crippen LogP contribution in [0.5, 0.6) is 17.4 Å². The molecule has 0 saturated heterocycles. The van der Waals surface area contributed by atoms with E-state index in [1.165, 1.54) is 7.11 Å². The first-order chi connectivity index (χ1) is 11.6. The Morgan fingerprint density at radius 2 is 1.92 bits per heavy atom. The normalized spacial score (nSPS) is 11.1. The topological polar surface area (TPSA) is 96.3 Å². The van der Waals surface area contributed by atoms with E-state index >= 15 is 0 Å². The second kappa shape index (κ2) is 6.41. The van der Waals surface area contributed by atoms with Crippen molar-refractivity contribution >= 4 is 22.5 Å². The Bertz CT molecular complexity index is 931. The van der Waals surface area contributed by atoms with Crippen LogP contribution in [0.1, 0.15) is 10.4 Å². The largest absolute Gasteiger partial charge is 0.497 e. The summed E-state index contributed by atoms with van der Waals surface area (Å²) in [5, 5.41) is 18.2. The predicted molar refractivity (Wildman–Crippen MR) is 88.4 cm³/mol. The minimum Gasteiger partial charge on any atom is -0.497 e. The minimum absolute atomic E-state index is 0.171. The quantitative estimate of drug-likeness (QED) is 0.713. The Kier molecular flexibility index (Phi) is 4.15. The fraction of sp³-hybridized carbons (Fsp3) is 0.118. The number of amides is 1. The van der Waals surface area contributed by atoms with Crippen molar-refractivity contribution in [1.29, 1.82) is 0 Å². The highest BCUT2D eigenvalue weighted by Gasteiger charge is 2.14. The number of aromatic amines is 1. The molecule has 7 heteroatoms. The molecule has 2 N–H and O–H groups in total. The molecule has 0 unspecified atom stereocenters. The number of benzene rings is 2. The molecule has 0 atom stereocenters. The highest BCUT2D eigenvalue weighted by atomic mass is 16.5. The summed E-state index contributed by atoms with van der Waals surface area (Å²) in [4.78, 5) is 15.0. The van der Waals surface area contributed by atoms with Gasteiger partial charge in [0.1, 0.15) is 11.5 Å². The molecule has 7 nitrogen and oxygen atoms in total. The SMILES string of the molecule is COc1ccc2[nH]c(O)c(N=NC(=O)c3ccccc3OC)c2c1. The van der Waals surface area contributed by atoms with Gasteiger partial charge in [0.2, 0.25) is 5.88 Å². The van der Waals surface area contributed by atoms with E-state index in [-0.39, 0.29) is 11.6 Å². The molecule has 1 heterocycles. The molecule has 0 radical (unpaired) electrons. The summed E-state index contributed by atoms with van der Waals surface area (Å²) in [7, 11) is 3.01. The maximum atomic E-state index is 12.2. The predicted octanol–water partition coefficient (Wildman–Crippen LogP) is 3.81. The van der Waals surface area contributed by atoms with Gasteiger partial charge in [-0.1, -0.05) is 12.1 Å². The molecule has 1 amide bonds. The Morgan fingerprint density at radius 3 is 2.67 bits per heavy atom. The molecule has 0 bridgehead atoms. The number of aromatic nitrogens is 1. The average Bonchev–Trinajstić information content (AvgIpc) is 2.93. The zero-order valence-electron chi connectivity index (χ0n) is 13.1. The second-order valence-corrected chi connectivity index (χ2v) is 4.94. The highest BCUT2D eigenvalue weighted by molar-refractivity contribution is 5.98. The third-order valence-electron chi connectivity index (χ3n) is 3.54. The van der Waals surface area contributed by atoms with E-state index in [1.807, 2.05) is 0 Å². The van der Waals surface area contributed by atoms with Gasteiger partial charge >= 0.3 is 0 Å². The van der Waals surface area contributed by atoms with Gasteiger partial charge in [-0.15, -0.1) is 10.2 Å². The van der Waals surface area contributed by atoms with E-state index in [4.69, 9.17) is 9.47 Å². The van der Waals surface area contributed by atoms with Gasteiger partial charge in [-0.3, -0.25) is 4.79 Å². The van der Waals surface area contributed by atoms with Gasteiger partial charge in [-0.25, -0.2) is 0 Å². The molecule has 2 aromatic carbocycles. The standard InChI is InChI=1S/C17H15N3O4/c1-23-10-7-8-13-12(9-10)15(17(22)18-13)19-20-16(21)11-5-3-4-6-14(11)24-2/h3-9,18,22H,1-2H3. The fourth-order valence-corrected chi connectivity index (χ4v) is 2.34. The average molecular weight is 325 g/mol. The molecule has 122 valence electrons. The van der Waals surface area contributed by atoms with Crippen molar-refractivity contribution in [2.24, 2.45) is 10.2 Å². The first-order valence-corrected chi connectivity index (χ1v) is 7.12. The summed E-state index contributed by atoms with van der Waals surface area (Å²) in [5.74, 6) is 0.277. The molecular weight excluding hydrogens is 310 g/mol. The molecule has 3 aromatic rings. The van der Waals surface area contributed by atoms with Crippen LogP contribution in [0, 0.1) is 0 Å². The molecule has 0 aliphatic rings. The van der Waals surface area contributed by atoms with Gasteiger partial charge in [-0.2, -0.15) is 0 Å². The number of nitrogens with zero attached hydrogens (tertiary/aromatic N) is 2. The van der Waals surface area contributed by atoms with Crippen LogP contribution in [-0.4, -0.2) is 30.2 Å². The van der Waals surface area contributed by atoms with E-state index in [0.717, 1.165) is 0 Å². The van der Waals surface area contributed by atoms with E-state index in [0.29, 0.717) is 28.0 Å². The lowest BCUT2D eigenvalue weighted by molar-refractivity contribution is 0.0992. The zero-order chi connectivity index (χ0) is 17.1.